The Kier molecular flexibility index (Phi) is 8.57. The Labute approximate surface area is 202 Å². The van der Waals surface area contributed by atoms with Crippen molar-refractivity contribution in [2.45, 2.75) is 52.4 Å². The van der Waals surface area contributed by atoms with Gasteiger partial charge in [-0.15, -0.1) is 0 Å². The van der Waals surface area contributed by atoms with E-state index in [0.29, 0.717) is 18.1 Å². The van der Waals surface area contributed by atoms with Crippen LogP contribution in [0.15, 0.2) is 60.7 Å². The summed E-state index contributed by atoms with van der Waals surface area (Å²) in [6.45, 7) is 8.29. The molecule has 4 heteroatoms. The molecule has 1 aliphatic rings. The van der Waals surface area contributed by atoms with Crippen LogP contribution in [0.25, 0.3) is 11.1 Å². The molecule has 0 N–H and O–H groups in total. The van der Waals surface area contributed by atoms with Crippen LogP contribution in [-0.4, -0.2) is 19.7 Å². The van der Waals surface area contributed by atoms with Gasteiger partial charge in [-0.25, -0.2) is 0 Å². The molecule has 0 saturated carbocycles. The van der Waals surface area contributed by atoms with Gasteiger partial charge in [0.25, 0.3) is 0 Å². The van der Waals surface area contributed by atoms with Gasteiger partial charge in [-0.05, 0) is 66.1 Å². The molecule has 0 amide bonds. The maximum absolute atomic E-state index is 12.5. The van der Waals surface area contributed by atoms with Gasteiger partial charge in [-0.1, -0.05) is 74.0 Å². The van der Waals surface area contributed by atoms with Crippen LogP contribution in [0, 0.1) is 6.92 Å². The second-order valence-electron chi connectivity index (χ2n) is 8.01. The number of benzene rings is 3. The normalized spacial score (nSPS) is 16.4. The van der Waals surface area contributed by atoms with E-state index < -0.39 is 0 Å². The predicted molar refractivity (Wildman–Crippen MR) is 136 cm³/mol. The number of esters is 1. The molecule has 3 nitrogen and oxygen atoms in total. The zero-order valence-corrected chi connectivity index (χ0v) is 20.9. The number of fused-ring (bicyclic) bond motifs is 3. The fraction of sp³-hybridized carbons (Fsp3) is 0.345. The summed E-state index contributed by atoms with van der Waals surface area (Å²) in [5.74, 6) is 0.785. The number of halogens is 1. The van der Waals surface area contributed by atoms with E-state index in [4.69, 9.17) is 21.1 Å². The lowest BCUT2D eigenvalue weighted by Crippen LogP contribution is -2.14. The molecule has 33 heavy (non-hydrogen) atoms. The number of carbonyl (C=O) groups is 1. The highest BCUT2D eigenvalue weighted by Gasteiger charge is 2.32. The van der Waals surface area contributed by atoms with Crippen molar-refractivity contribution in [3.8, 4) is 16.9 Å². The van der Waals surface area contributed by atoms with Gasteiger partial charge >= 0.3 is 5.97 Å². The van der Waals surface area contributed by atoms with Crippen molar-refractivity contribution in [3.05, 3.63) is 87.9 Å². The van der Waals surface area contributed by atoms with Crippen molar-refractivity contribution < 1.29 is 14.3 Å². The van der Waals surface area contributed by atoms with Crippen LogP contribution < -0.4 is 4.74 Å². The third-order valence-corrected chi connectivity index (χ3v) is 6.38. The monoisotopic (exact) mass is 464 g/mol. The molecule has 0 radical (unpaired) electrons. The van der Waals surface area contributed by atoms with Crippen molar-refractivity contribution in [1.29, 1.82) is 0 Å². The number of hydrogen-bond acceptors (Lipinski definition) is 3. The van der Waals surface area contributed by atoms with Gasteiger partial charge in [0.15, 0.2) is 0 Å². The minimum Gasteiger partial charge on any atom is -0.496 e. The summed E-state index contributed by atoms with van der Waals surface area (Å²) in [6.07, 6.45) is 1.11. The Bertz CT molecular complexity index is 1110. The lowest BCUT2D eigenvalue weighted by Gasteiger charge is -2.25. The predicted octanol–water partition coefficient (Wildman–Crippen LogP) is 7.92. The maximum Gasteiger partial charge on any atom is 0.306 e. The van der Waals surface area contributed by atoms with Gasteiger partial charge in [0.1, 0.15) is 5.75 Å². The second-order valence-corrected chi connectivity index (χ2v) is 8.45. The molecule has 3 aromatic rings. The Balaban J connectivity index is 0.00000149. The lowest BCUT2D eigenvalue weighted by atomic mass is 9.81. The molecule has 174 valence electrons. The number of aryl methyl sites for hydroxylation is 1. The SMILES string of the molecule is CC.CCOC(=O)CC1CC(c2cccc(C)c2OC)c2cc(Cl)ccc2-c2ccccc21. The molecule has 0 aromatic heterocycles. The molecular formula is C29H33ClO3. The van der Waals surface area contributed by atoms with Crippen molar-refractivity contribution in [2.75, 3.05) is 13.7 Å². The van der Waals surface area contributed by atoms with Gasteiger partial charge in [0.05, 0.1) is 20.1 Å². The smallest absolute Gasteiger partial charge is 0.306 e. The second kappa shape index (κ2) is 11.4. The van der Waals surface area contributed by atoms with Crippen LogP contribution in [0.2, 0.25) is 5.02 Å². The highest BCUT2D eigenvalue weighted by Crippen LogP contribution is 2.49. The summed E-state index contributed by atoms with van der Waals surface area (Å²) in [5.41, 5.74) is 6.85. The van der Waals surface area contributed by atoms with Gasteiger partial charge in [0.2, 0.25) is 0 Å². The fourth-order valence-corrected chi connectivity index (χ4v) is 5.02. The minimum absolute atomic E-state index is 0.0247. The zero-order chi connectivity index (χ0) is 24.0. The number of para-hydroxylation sites is 1. The number of hydrogen-bond donors (Lipinski definition) is 0. The van der Waals surface area contributed by atoms with E-state index in [1.165, 1.54) is 5.56 Å². The van der Waals surface area contributed by atoms with E-state index in [2.05, 4.69) is 49.4 Å². The average Bonchev–Trinajstić information content (AvgIpc) is 2.95. The highest BCUT2D eigenvalue weighted by atomic mass is 35.5. The molecule has 4 rings (SSSR count). The molecule has 0 spiro atoms. The molecule has 3 aromatic carbocycles. The van der Waals surface area contributed by atoms with Gasteiger partial charge < -0.3 is 9.47 Å². The first-order chi connectivity index (χ1) is 16.0. The molecular weight excluding hydrogens is 432 g/mol. The summed E-state index contributed by atoms with van der Waals surface area (Å²) < 4.78 is 11.1. The Morgan fingerprint density at radius 3 is 2.39 bits per heavy atom. The molecule has 0 fully saturated rings. The molecule has 1 aliphatic carbocycles. The maximum atomic E-state index is 12.5. The number of rotatable bonds is 5. The Morgan fingerprint density at radius 1 is 0.970 bits per heavy atom. The van der Waals surface area contributed by atoms with Crippen molar-refractivity contribution in [2.24, 2.45) is 0 Å². The number of methoxy groups -OCH3 is 1. The molecule has 0 heterocycles. The molecule has 2 unspecified atom stereocenters. The first kappa shape index (κ1) is 24.9. The average molecular weight is 465 g/mol. The summed E-state index contributed by atoms with van der Waals surface area (Å²) in [4.78, 5) is 12.5. The molecule has 0 aliphatic heterocycles. The molecule has 0 bridgehead atoms. The quantitative estimate of drug-likeness (QED) is 0.359. The van der Waals surface area contributed by atoms with Crippen LogP contribution in [0.1, 0.15) is 67.7 Å². The van der Waals surface area contributed by atoms with E-state index in [-0.39, 0.29) is 17.8 Å². The van der Waals surface area contributed by atoms with Crippen molar-refractivity contribution in [3.63, 3.8) is 0 Å². The largest absolute Gasteiger partial charge is 0.496 e. The van der Waals surface area contributed by atoms with Crippen molar-refractivity contribution >= 4 is 17.6 Å². The van der Waals surface area contributed by atoms with Gasteiger partial charge in [-0.3, -0.25) is 4.79 Å². The Morgan fingerprint density at radius 2 is 1.67 bits per heavy atom. The topological polar surface area (TPSA) is 35.5 Å². The number of carbonyl (C=O) groups excluding carboxylic acids is 1. The highest BCUT2D eigenvalue weighted by molar-refractivity contribution is 6.30. The lowest BCUT2D eigenvalue weighted by molar-refractivity contribution is -0.143. The minimum atomic E-state index is -0.166. The van der Waals surface area contributed by atoms with Crippen molar-refractivity contribution in [1.82, 2.24) is 0 Å². The van der Waals surface area contributed by atoms with Crippen LogP contribution >= 0.6 is 11.6 Å². The molecule has 2 atom stereocenters. The van der Waals surface area contributed by atoms with Crippen LogP contribution in [0.4, 0.5) is 0 Å². The molecule has 0 saturated heterocycles. The third kappa shape index (κ3) is 5.25. The number of ether oxygens (including phenoxy) is 2. The van der Waals surface area contributed by atoms with Crippen LogP contribution in [-0.2, 0) is 9.53 Å². The van der Waals surface area contributed by atoms with Crippen LogP contribution in [0.5, 0.6) is 5.75 Å². The van der Waals surface area contributed by atoms with Gasteiger partial charge in [-0.2, -0.15) is 0 Å². The summed E-state index contributed by atoms with van der Waals surface area (Å²) in [6, 6.07) is 20.7. The summed E-state index contributed by atoms with van der Waals surface area (Å²) in [7, 11) is 1.71. The van der Waals surface area contributed by atoms with Gasteiger partial charge in [0, 0.05) is 16.5 Å². The van der Waals surface area contributed by atoms with E-state index in [1.807, 2.05) is 39.0 Å². The first-order valence-electron chi connectivity index (χ1n) is 11.7. The summed E-state index contributed by atoms with van der Waals surface area (Å²) in [5, 5.41) is 0.705. The third-order valence-electron chi connectivity index (χ3n) is 6.14. The van der Waals surface area contributed by atoms with Crippen LogP contribution in [0.3, 0.4) is 0 Å². The fourth-order valence-electron chi connectivity index (χ4n) is 4.84. The summed E-state index contributed by atoms with van der Waals surface area (Å²) >= 11 is 6.47. The standard InChI is InChI=1S/C27H27ClO3.C2H6/c1-4-31-26(29)15-18-14-24(23-11-7-8-17(2)27(23)30-3)25-16-19(28)12-13-22(25)21-10-6-5-9-20(18)21;1-2/h5-13,16,18,24H,4,14-15H2,1-3H3;1-2H3. The van der Waals surface area contributed by atoms with E-state index >= 15 is 0 Å². The zero-order valence-electron chi connectivity index (χ0n) is 20.2. The Hall–Kier alpha value is -2.78. The van der Waals surface area contributed by atoms with E-state index in [1.54, 1.807) is 7.11 Å². The van der Waals surface area contributed by atoms with E-state index in [9.17, 15) is 4.79 Å². The first-order valence-corrected chi connectivity index (χ1v) is 12.1. The van der Waals surface area contributed by atoms with E-state index in [0.717, 1.165) is 40.0 Å².